The molecule has 158 valence electrons. The van der Waals surface area contributed by atoms with Gasteiger partial charge in [0, 0.05) is 5.02 Å². The van der Waals surface area contributed by atoms with Crippen molar-refractivity contribution in [3.63, 3.8) is 0 Å². The van der Waals surface area contributed by atoms with Crippen molar-refractivity contribution in [1.82, 2.24) is 5.32 Å². The number of ether oxygens (including phenoxy) is 1. The first-order chi connectivity index (χ1) is 13.6. The van der Waals surface area contributed by atoms with E-state index in [2.05, 4.69) is 19.2 Å². The lowest BCUT2D eigenvalue weighted by Crippen LogP contribution is -2.48. The third-order valence-corrected chi connectivity index (χ3v) is 5.83. The van der Waals surface area contributed by atoms with Crippen LogP contribution in [0.25, 0.3) is 0 Å². The van der Waals surface area contributed by atoms with E-state index in [1.54, 1.807) is 18.2 Å². The summed E-state index contributed by atoms with van der Waals surface area (Å²) < 4.78 is 31.4. The van der Waals surface area contributed by atoms with Crippen LogP contribution in [0.15, 0.2) is 48.5 Å². The summed E-state index contributed by atoms with van der Waals surface area (Å²) in [5.41, 5.74) is 1.43. The number of halogens is 1. The van der Waals surface area contributed by atoms with Gasteiger partial charge in [-0.05, 0) is 42.7 Å². The minimum Gasteiger partial charge on any atom is -0.491 e. The summed E-state index contributed by atoms with van der Waals surface area (Å²) in [6.45, 7) is 6.23. The normalized spacial score (nSPS) is 12.5. The number of benzene rings is 2. The minimum absolute atomic E-state index is 0.253. The quantitative estimate of drug-likeness (QED) is 0.604. The zero-order chi connectivity index (χ0) is 21.6. The Bertz CT molecular complexity index is 947. The van der Waals surface area contributed by atoms with Crippen LogP contribution in [0, 0.1) is 0 Å². The number of para-hydroxylation sites is 1. The van der Waals surface area contributed by atoms with Gasteiger partial charge in [-0.25, -0.2) is 8.42 Å². The number of nitrogens with zero attached hydrogens (tertiary/aromatic N) is 1. The zero-order valence-electron chi connectivity index (χ0n) is 17.1. The number of carbonyl (C=O) groups excluding carboxylic acids is 1. The lowest BCUT2D eigenvalue weighted by Gasteiger charge is -2.28. The predicted molar refractivity (Wildman–Crippen MR) is 117 cm³/mol. The van der Waals surface area contributed by atoms with Crippen LogP contribution < -0.4 is 14.4 Å². The lowest BCUT2D eigenvalue weighted by atomic mass is 10.0. The number of rotatable bonds is 9. The molecule has 6 nitrogen and oxygen atoms in total. The van der Waals surface area contributed by atoms with Gasteiger partial charge in [-0.1, -0.05) is 49.7 Å². The molecule has 0 radical (unpaired) electrons. The molecule has 0 aliphatic heterocycles. The minimum atomic E-state index is -3.69. The van der Waals surface area contributed by atoms with Crippen molar-refractivity contribution in [2.75, 3.05) is 23.7 Å². The van der Waals surface area contributed by atoms with E-state index in [0.29, 0.717) is 16.6 Å². The number of carbonyl (C=O) groups is 1. The monoisotopic (exact) mass is 438 g/mol. The average molecular weight is 439 g/mol. The van der Waals surface area contributed by atoms with Crippen LogP contribution in [0.4, 0.5) is 5.69 Å². The van der Waals surface area contributed by atoms with E-state index in [1.807, 2.05) is 24.3 Å². The molecule has 0 saturated heterocycles. The van der Waals surface area contributed by atoms with Crippen molar-refractivity contribution in [3.8, 4) is 5.75 Å². The zero-order valence-corrected chi connectivity index (χ0v) is 18.6. The number of amides is 1. The van der Waals surface area contributed by atoms with E-state index in [9.17, 15) is 13.2 Å². The van der Waals surface area contributed by atoms with Crippen LogP contribution in [0.1, 0.15) is 32.3 Å². The predicted octanol–water partition coefficient (Wildman–Crippen LogP) is 3.81. The molecular formula is C21H27ClN2O4S. The van der Waals surface area contributed by atoms with Crippen molar-refractivity contribution < 1.29 is 17.9 Å². The maximum absolute atomic E-state index is 12.6. The third kappa shape index (κ3) is 6.37. The van der Waals surface area contributed by atoms with Gasteiger partial charge in [0.25, 0.3) is 0 Å². The fraction of sp³-hybridized carbons (Fsp3) is 0.381. The molecule has 0 fully saturated rings. The standard InChI is InChI=1S/C21H27ClN2O4S/c1-15(2)19-10-5-6-11-20(19)28-13-12-23-21(25)16(3)24(29(4,26)27)18-9-7-8-17(22)14-18/h5-11,14-16H,12-13H2,1-4H3,(H,23,25). The van der Waals surface area contributed by atoms with E-state index >= 15 is 0 Å². The summed E-state index contributed by atoms with van der Waals surface area (Å²) in [6.07, 6.45) is 1.06. The molecule has 1 unspecified atom stereocenters. The van der Waals surface area contributed by atoms with Crippen LogP contribution >= 0.6 is 11.6 Å². The maximum atomic E-state index is 12.6. The second-order valence-corrected chi connectivity index (χ2v) is 9.34. The van der Waals surface area contributed by atoms with Crippen molar-refractivity contribution in [2.45, 2.75) is 32.7 Å². The first-order valence-corrected chi connectivity index (χ1v) is 11.6. The second kappa shape index (κ2) is 9.98. The molecule has 2 aromatic rings. The topological polar surface area (TPSA) is 75.7 Å². The van der Waals surface area contributed by atoms with Gasteiger partial charge < -0.3 is 10.1 Å². The number of anilines is 1. The van der Waals surface area contributed by atoms with Gasteiger partial charge in [-0.15, -0.1) is 0 Å². The van der Waals surface area contributed by atoms with E-state index < -0.39 is 22.0 Å². The smallest absolute Gasteiger partial charge is 0.243 e. The maximum Gasteiger partial charge on any atom is 0.243 e. The van der Waals surface area contributed by atoms with Gasteiger partial charge in [-0.2, -0.15) is 0 Å². The Hall–Kier alpha value is -2.25. The van der Waals surface area contributed by atoms with Crippen molar-refractivity contribution in [2.24, 2.45) is 0 Å². The highest BCUT2D eigenvalue weighted by Crippen LogP contribution is 2.26. The lowest BCUT2D eigenvalue weighted by molar-refractivity contribution is -0.121. The van der Waals surface area contributed by atoms with Gasteiger partial charge >= 0.3 is 0 Å². The molecule has 8 heteroatoms. The molecule has 0 spiro atoms. The molecule has 0 aliphatic rings. The molecule has 0 aliphatic carbocycles. The van der Waals surface area contributed by atoms with E-state index in [4.69, 9.17) is 16.3 Å². The Kier molecular flexibility index (Phi) is 7.93. The number of nitrogens with one attached hydrogen (secondary N) is 1. The second-order valence-electron chi connectivity index (χ2n) is 7.05. The highest BCUT2D eigenvalue weighted by Gasteiger charge is 2.29. The molecule has 0 bridgehead atoms. The summed E-state index contributed by atoms with van der Waals surface area (Å²) in [5.74, 6) is 0.680. The molecule has 2 rings (SSSR count). The van der Waals surface area contributed by atoms with Crippen molar-refractivity contribution >= 4 is 33.2 Å². The molecule has 1 N–H and O–H groups in total. The first kappa shape index (κ1) is 23.0. The van der Waals surface area contributed by atoms with Crippen LogP contribution in [-0.2, 0) is 14.8 Å². The summed E-state index contributed by atoms with van der Waals surface area (Å²) in [7, 11) is -3.69. The van der Waals surface area contributed by atoms with Crippen molar-refractivity contribution in [1.29, 1.82) is 0 Å². The molecule has 0 saturated carbocycles. The van der Waals surface area contributed by atoms with Gasteiger partial charge in [0.1, 0.15) is 18.4 Å². The van der Waals surface area contributed by atoms with Crippen LogP contribution in [0.5, 0.6) is 5.75 Å². The number of hydrogen-bond donors (Lipinski definition) is 1. The third-order valence-electron chi connectivity index (χ3n) is 4.35. The van der Waals surface area contributed by atoms with Crippen LogP contribution in [-0.4, -0.2) is 39.8 Å². The highest BCUT2D eigenvalue weighted by molar-refractivity contribution is 7.92. The Labute approximate surface area is 177 Å². The largest absolute Gasteiger partial charge is 0.491 e. The van der Waals surface area contributed by atoms with E-state index in [1.165, 1.54) is 13.0 Å². The number of hydrogen-bond acceptors (Lipinski definition) is 4. The number of sulfonamides is 1. The molecular weight excluding hydrogens is 412 g/mol. The first-order valence-electron chi connectivity index (χ1n) is 9.35. The summed E-state index contributed by atoms with van der Waals surface area (Å²) in [6, 6.07) is 13.2. The fourth-order valence-electron chi connectivity index (χ4n) is 2.99. The van der Waals surface area contributed by atoms with E-state index in [-0.39, 0.29) is 13.2 Å². The molecule has 1 atom stereocenters. The molecule has 0 aromatic heterocycles. The average Bonchev–Trinajstić information content (AvgIpc) is 2.64. The van der Waals surface area contributed by atoms with Gasteiger partial charge in [0.05, 0.1) is 18.5 Å². The van der Waals surface area contributed by atoms with Crippen molar-refractivity contribution in [3.05, 3.63) is 59.1 Å². The van der Waals surface area contributed by atoms with Gasteiger partial charge in [0.15, 0.2) is 0 Å². The summed E-state index contributed by atoms with van der Waals surface area (Å²) >= 11 is 5.98. The molecule has 2 aromatic carbocycles. The fourth-order valence-corrected chi connectivity index (χ4v) is 4.35. The highest BCUT2D eigenvalue weighted by atomic mass is 35.5. The summed E-state index contributed by atoms with van der Waals surface area (Å²) in [4.78, 5) is 12.6. The molecule has 1 amide bonds. The molecule has 0 heterocycles. The SMILES string of the molecule is CC(C)c1ccccc1OCCNC(=O)C(C)N(c1cccc(Cl)c1)S(C)(=O)=O. The Morgan fingerprint density at radius 3 is 2.45 bits per heavy atom. The van der Waals surface area contributed by atoms with Crippen LogP contribution in [0.3, 0.4) is 0 Å². The Morgan fingerprint density at radius 2 is 1.83 bits per heavy atom. The Morgan fingerprint density at radius 1 is 1.14 bits per heavy atom. The Balaban J connectivity index is 2.00. The molecule has 29 heavy (non-hydrogen) atoms. The van der Waals surface area contributed by atoms with Crippen LogP contribution in [0.2, 0.25) is 5.02 Å². The van der Waals surface area contributed by atoms with Gasteiger partial charge in [-0.3, -0.25) is 9.10 Å². The van der Waals surface area contributed by atoms with E-state index in [0.717, 1.165) is 21.9 Å². The van der Waals surface area contributed by atoms with Gasteiger partial charge in [0.2, 0.25) is 15.9 Å². The summed E-state index contributed by atoms with van der Waals surface area (Å²) in [5, 5.41) is 3.13.